The Labute approximate surface area is 143 Å². The third-order valence-electron chi connectivity index (χ3n) is 3.08. The highest BCUT2D eigenvalue weighted by atomic mass is 35.5. The Bertz CT molecular complexity index is 628. The van der Waals surface area contributed by atoms with Crippen LogP contribution in [-0.2, 0) is 4.79 Å². The van der Waals surface area contributed by atoms with Crippen LogP contribution in [0, 0.1) is 5.92 Å². The normalized spacial score (nSPS) is 12.4. The summed E-state index contributed by atoms with van der Waals surface area (Å²) in [6.07, 6.45) is 0. The molecule has 2 aromatic rings. The van der Waals surface area contributed by atoms with E-state index in [0.29, 0.717) is 10.2 Å². The summed E-state index contributed by atoms with van der Waals surface area (Å²) in [6.45, 7) is 6.11. The van der Waals surface area contributed by atoms with Crippen molar-refractivity contribution in [2.45, 2.75) is 31.0 Å². The van der Waals surface area contributed by atoms with Gasteiger partial charge in [-0.1, -0.05) is 67.6 Å². The Morgan fingerprint density at radius 2 is 2.00 bits per heavy atom. The fourth-order valence-electron chi connectivity index (χ4n) is 2.13. The molecule has 0 bridgehead atoms. The quantitative estimate of drug-likeness (QED) is 0.603. The Balaban J connectivity index is 2.14. The van der Waals surface area contributed by atoms with E-state index in [1.165, 1.54) is 11.3 Å². The molecule has 1 heterocycles. The first-order chi connectivity index (χ1) is 10.5. The maximum atomic E-state index is 12.6. The largest absolute Gasteiger partial charge is 0.300 e. The number of amides is 1. The summed E-state index contributed by atoms with van der Waals surface area (Å²) in [5.41, 5.74) is 0.949. The molecule has 0 aliphatic rings. The van der Waals surface area contributed by atoms with Crippen LogP contribution >= 0.6 is 34.7 Å². The monoisotopic (exact) mass is 355 g/mol. The van der Waals surface area contributed by atoms with Crippen molar-refractivity contribution in [1.82, 2.24) is 10.2 Å². The summed E-state index contributed by atoms with van der Waals surface area (Å²) in [5, 5.41) is 12.1. The number of nitrogens with zero attached hydrogens (tertiary/aromatic N) is 2. The van der Waals surface area contributed by atoms with Crippen molar-refractivity contribution in [1.29, 1.82) is 0 Å². The number of halogens is 1. The zero-order valence-electron chi connectivity index (χ0n) is 12.7. The first kappa shape index (κ1) is 17.2. The Morgan fingerprint density at radius 3 is 2.59 bits per heavy atom. The minimum Gasteiger partial charge on any atom is -0.300 e. The molecule has 1 N–H and O–H groups in total. The van der Waals surface area contributed by atoms with Gasteiger partial charge in [0.1, 0.15) is 0 Å². The van der Waals surface area contributed by atoms with Gasteiger partial charge in [-0.2, -0.15) is 0 Å². The molecule has 22 heavy (non-hydrogen) atoms. The second kappa shape index (κ2) is 7.94. The molecule has 2 rings (SSSR count). The zero-order valence-corrected chi connectivity index (χ0v) is 15.1. The van der Waals surface area contributed by atoms with E-state index in [-0.39, 0.29) is 17.7 Å². The Morgan fingerprint density at radius 1 is 1.32 bits per heavy atom. The Kier molecular flexibility index (Phi) is 6.23. The molecule has 118 valence electrons. The van der Waals surface area contributed by atoms with Crippen LogP contribution in [0.3, 0.4) is 0 Å². The lowest BCUT2D eigenvalue weighted by Gasteiger charge is -2.20. The summed E-state index contributed by atoms with van der Waals surface area (Å²) in [7, 11) is 0. The van der Waals surface area contributed by atoms with E-state index in [9.17, 15) is 4.79 Å². The zero-order chi connectivity index (χ0) is 16.1. The van der Waals surface area contributed by atoms with Crippen LogP contribution in [0.2, 0.25) is 5.02 Å². The van der Waals surface area contributed by atoms with E-state index < -0.39 is 0 Å². The number of thioether (sulfide) groups is 1. The number of rotatable bonds is 6. The van der Waals surface area contributed by atoms with Crippen molar-refractivity contribution in [3.63, 3.8) is 0 Å². The number of benzene rings is 1. The van der Waals surface area contributed by atoms with Crippen LogP contribution in [0.4, 0.5) is 5.13 Å². The molecule has 0 spiro atoms. The standard InChI is InChI=1S/C15H18ClN3OS2/c1-4-21-15-19-18-14(22-15)17-13(20)12(9(2)3)10-5-7-11(16)8-6-10/h5-9,12H,4H2,1-3H3,(H,17,18,20)/t12-/m0/s1. The number of carbonyl (C=O) groups is 1. The van der Waals surface area contributed by atoms with Gasteiger partial charge in [-0.25, -0.2) is 0 Å². The minimum atomic E-state index is -0.247. The molecular formula is C15H18ClN3OS2. The van der Waals surface area contributed by atoms with Crippen LogP contribution in [-0.4, -0.2) is 21.9 Å². The first-order valence-electron chi connectivity index (χ1n) is 7.04. The summed E-state index contributed by atoms with van der Waals surface area (Å²) < 4.78 is 0.866. The van der Waals surface area contributed by atoms with Gasteiger partial charge < -0.3 is 0 Å². The maximum Gasteiger partial charge on any atom is 0.234 e. The number of hydrogen-bond acceptors (Lipinski definition) is 5. The van der Waals surface area contributed by atoms with Gasteiger partial charge in [0.15, 0.2) is 4.34 Å². The summed E-state index contributed by atoms with van der Waals surface area (Å²) in [4.78, 5) is 12.6. The smallest absolute Gasteiger partial charge is 0.234 e. The van der Waals surface area contributed by atoms with Crippen LogP contribution < -0.4 is 5.32 Å². The van der Waals surface area contributed by atoms with Gasteiger partial charge in [0.2, 0.25) is 11.0 Å². The van der Waals surface area contributed by atoms with Gasteiger partial charge in [0.05, 0.1) is 5.92 Å². The van der Waals surface area contributed by atoms with Gasteiger partial charge >= 0.3 is 0 Å². The first-order valence-corrected chi connectivity index (χ1v) is 9.22. The summed E-state index contributed by atoms with van der Waals surface area (Å²) in [5.74, 6) is 0.783. The molecule has 1 aromatic carbocycles. The van der Waals surface area contributed by atoms with E-state index in [2.05, 4.69) is 22.4 Å². The molecule has 1 aromatic heterocycles. The molecule has 0 radical (unpaired) electrons. The van der Waals surface area contributed by atoms with Gasteiger partial charge in [-0.05, 0) is 29.4 Å². The van der Waals surface area contributed by atoms with E-state index in [0.717, 1.165) is 15.7 Å². The van der Waals surface area contributed by atoms with E-state index in [1.54, 1.807) is 23.9 Å². The van der Waals surface area contributed by atoms with Gasteiger partial charge in [0, 0.05) is 5.02 Å². The second-order valence-corrected chi connectivity index (χ2v) is 7.99. The van der Waals surface area contributed by atoms with Crippen LogP contribution in [0.1, 0.15) is 32.3 Å². The third kappa shape index (κ3) is 4.44. The van der Waals surface area contributed by atoms with Crippen LogP contribution in [0.15, 0.2) is 28.6 Å². The highest BCUT2D eigenvalue weighted by molar-refractivity contribution is 8.01. The summed E-state index contributed by atoms with van der Waals surface area (Å²) >= 11 is 8.93. The molecule has 1 amide bonds. The molecular weight excluding hydrogens is 338 g/mol. The van der Waals surface area contributed by atoms with Gasteiger partial charge in [-0.3, -0.25) is 10.1 Å². The molecule has 0 unspecified atom stereocenters. The van der Waals surface area contributed by atoms with Crippen molar-refractivity contribution in [3.8, 4) is 0 Å². The molecule has 7 heteroatoms. The predicted octanol–water partition coefficient (Wildman–Crippen LogP) is 4.68. The molecule has 4 nitrogen and oxygen atoms in total. The average Bonchev–Trinajstić information content (AvgIpc) is 2.88. The SMILES string of the molecule is CCSc1nnc(NC(=O)[C@H](c2ccc(Cl)cc2)C(C)C)s1. The van der Waals surface area contributed by atoms with Crippen molar-refractivity contribution in [3.05, 3.63) is 34.9 Å². The number of nitrogens with one attached hydrogen (secondary N) is 1. The Hall–Kier alpha value is -1.11. The molecule has 0 aliphatic heterocycles. The molecule has 0 saturated heterocycles. The van der Waals surface area contributed by atoms with Gasteiger partial charge in [-0.15, -0.1) is 10.2 Å². The number of carbonyl (C=O) groups excluding carboxylic acids is 1. The second-order valence-electron chi connectivity index (χ2n) is 5.07. The predicted molar refractivity (Wildman–Crippen MR) is 94.0 cm³/mol. The average molecular weight is 356 g/mol. The molecule has 0 aliphatic carbocycles. The lowest BCUT2D eigenvalue weighted by atomic mass is 9.88. The van der Waals surface area contributed by atoms with Crippen molar-refractivity contribution < 1.29 is 4.79 Å². The highest BCUT2D eigenvalue weighted by Crippen LogP contribution is 2.29. The number of anilines is 1. The highest BCUT2D eigenvalue weighted by Gasteiger charge is 2.25. The lowest BCUT2D eigenvalue weighted by molar-refractivity contribution is -0.118. The van der Waals surface area contributed by atoms with Gasteiger partial charge in [0.25, 0.3) is 0 Å². The topological polar surface area (TPSA) is 54.9 Å². The maximum absolute atomic E-state index is 12.6. The van der Waals surface area contributed by atoms with Crippen molar-refractivity contribution in [2.75, 3.05) is 11.1 Å². The van der Waals surface area contributed by atoms with Crippen LogP contribution in [0.25, 0.3) is 0 Å². The lowest BCUT2D eigenvalue weighted by Crippen LogP contribution is -2.25. The fourth-order valence-corrected chi connectivity index (χ4v) is 3.91. The number of aromatic nitrogens is 2. The molecule has 1 atom stereocenters. The van der Waals surface area contributed by atoms with Crippen molar-refractivity contribution in [2.24, 2.45) is 5.92 Å². The third-order valence-corrected chi connectivity index (χ3v) is 5.19. The van der Waals surface area contributed by atoms with E-state index in [4.69, 9.17) is 11.6 Å². The molecule has 0 saturated carbocycles. The van der Waals surface area contributed by atoms with E-state index >= 15 is 0 Å². The fraction of sp³-hybridized carbons (Fsp3) is 0.400. The number of hydrogen-bond donors (Lipinski definition) is 1. The molecule has 0 fully saturated rings. The summed E-state index contributed by atoms with van der Waals surface area (Å²) in [6, 6.07) is 7.40. The van der Waals surface area contributed by atoms with Crippen molar-refractivity contribution >= 4 is 45.7 Å². The van der Waals surface area contributed by atoms with E-state index in [1.807, 2.05) is 26.0 Å². The van der Waals surface area contributed by atoms with Crippen LogP contribution in [0.5, 0.6) is 0 Å². The minimum absolute atomic E-state index is 0.0680.